The molecule has 1 atom stereocenters. The number of anilines is 2. The van der Waals surface area contributed by atoms with Crippen LogP contribution in [0.5, 0.6) is 5.75 Å². The van der Waals surface area contributed by atoms with Crippen LogP contribution in [0.1, 0.15) is 6.42 Å². The molecule has 0 aromatic heterocycles. The molecule has 1 heterocycles. The van der Waals surface area contributed by atoms with Gasteiger partial charge in [0.2, 0.25) is 5.91 Å². The number of rotatable bonds is 4. The summed E-state index contributed by atoms with van der Waals surface area (Å²) in [4.78, 5) is 25.9. The topological polar surface area (TPSA) is 70.7 Å². The van der Waals surface area contributed by atoms with Crippen molar-refractivity contribution in [3.63, 3.8) is 0 Å². The summed E-state index contributed by atoms with van der Waals surface area (Å²) < 4.78 is 18.2. The van der Waals surface area contributed by atoms with Crippen LogP contribution >= 0.6 is 0 Å². The van der Waals surface area contributed by atoms with E-state index in [1.165, 1.54) is 24.1 Å². The maximum Gasteiger partial charge on any atom is 0.319 e. The van der Waals surface area contributed by atoms with Crippen molar-refractivity contribution in [3.8, 4) is 5.75 Å². The summed E-state index contributed by atoms with van der Waals surface area (Å²) in [5, 5.41) is 5.49. The molecule has 25 heavy (non-hydrogen) atoms. The lowest BCUT2D eigenvalue weighted by atomic mass is 10.2. The van der Waals surface area contributed by atoms with E-state index in [-0.39, 0.29) is 24.2 Å². The Balaban J connectivity index is 1.61. The second-order valence-corrected chi connectivity index (χ2v) is 5.68. The van der Waals surface area contributed by atoms with Crippen LogP contribution in [-0.2, 0) is 4.79 Å². The minimum atomic E-state index is -0.414. The van der Waals surface area contributed by atoms with Crippen LogP contribution in [0.2, 0.25) is 0 Å². The van der Waals surface area contributed by atoms with Gasteiger partial charge in [-0.15, -0.1) is 0 Å². The van der Waals surface area contributed by atoms with Gasteiger partial charge in [-0.3, -0.25) is 4.79 Å². The van der Waals surface area contributed by atoms with Crippen LogP contribution < -0.4 is 20.3 Å². The third-order valence-electron chi connectivity index (χ3n) is 3.95. The van der Waals surface area contributed by atoms with Gasteiger partial charge >= 0.3 is 6.03 Å². The number of urea groups is 1. The number of halogens is 1. The van der Waals surface area contributed by atoms with Gasteiger partial charge in [-0.1, -0.05) is 12.1 Å². The Labute approximate surface area is 144 Å². The first-order valence-electron chi connectivity index (χ1n) is 7.83. The fourth-order valence-corrected chi connectivity index (χ4v) is 2.77. The predicted molar refractivity (Wildman–Crippen MR) is 92.3 cm³/mol. The number of carbonyl (C=O) groups excluding carboxylic acids is 2. The number of amides is 3. The highest BCUT2D eigenvalue weighted by atomic mass is 19.1. The number of carbonyl (C=O) groups is 2. The number of nitrogens with one attached hydrogen (secondary N) is 2. The van der Waals surface area contributed by atoms with Crippen LogP contribution in [-0.4, -0.2) is 31.6 Å². The average Bonchev–Trinajstić information content (AvgIpc) is 2.96. The quantitative estimate of drug-likeness (QED) is 0.897. The molecule has 0 bridgehead atoms. The molecule has 1 saturated heterocycles. The Kier molecular flexibility index (Phi) is 4.83. The van der Waals surface area contributed by atoms with Gasteiger partial charge in [0.05, 0.1) is 18.8 Å². The Morgan fingerprint density at radius 2 is 1.92 bits per heavy atom. The summed E-state index contributed by atoms with van der Waals surface area (Å²) in [5.74, 6) is 0.0727. The molecule has 0 aliphatic carbocycles. The summed E-state index contributed by atoms with van der Waals surface area (Å²) >= 11 is 0. The highest BCUT2D eigenvalue weighted by Crippen LogP contribution is 2.24. The number of ether oxygens (including phenoxy) is 1. The van der Waals surface area contributed by atoms with Crippen LogP contribution in [0.15, 0.2) is 48.5 Å². The summed E-state index contributed by atoms with van der Waals surface area (Å²) in [7, 11) is 1.52. The van der Waals surface area contributed by atoms with Crippen molar-refractivity contribution in [2.24, 2.45) is 0 Å². The zero-order valence-electron chi connectivity index (χ0n) is 13.7. The molecule has 2 aromatic carbocycles. The minimum absolute atomic E-state index is 0.116. The second kappa shape index (κ2) is 7.21. The van der Waals surface area contributed by atoms with E-state index in [1.54, 1.807) is 36.4 Å². The Bertz CT molecular complexity index is 779. The van der Waals surface area contributed by atoms with E-state index < -0.39 is 6.03 Å². The molecule has 3 rings (SSSR count). The first kappa shape index (κ1) is 16.8. The van der Waals surface area contributed by atoms with Gasteiger partial charge in [0, 0.05) is 18.7 Å². The van der Waals surface area contributed by atoms with Crippen molar-refractivity contribution in [3.05, 3.63) is 54.3 Å². The molecule has 0 saturated carbocycles. The SMILES string of the molecule is COc1ccccc1NC(=O)N[C@@H]1CC(=O)N(c2ccc(F)cc2)C1. The van der Waals surface area contributed by atoms with Crippen LogP contribution in [0, 0.1) is 5.82 Å². The van der Waals surface area contributed by atoms with E-state index in [9.17, 15) is 14.0 Å². The maximum atomic E-state index is 13.0. The number of benzene rings is 2. The van der Waals surface area contributed by atoms with E-state index in [1.807, 2.05) is 0 Å². The monoisotopic (exact) mass is 343 g/mol. The number of para-hydroxylation sites is 2. The lowest BCUT2D eigenvalue weighted by molar-refractivity contribution is -0.117. The Morgan fingerprint density at radius 1 is 1.20 bits per heavy atom. The van der Waals surface area contributed by atoms with Crippen LogP contribution in [0.25, 0.3) is 0 Å². The number of methoxy groups -OCH3 is 1. The van der Waals surface area contributed by atoms with E-state index in [2.05, 4.69) is 10.6 Å². The molecule has 1 aliphatic rings. The lowest BCUT2D eigenvalue weighted by Crippen LogP contribution is -2.39. The normalized spacial score (nSPS) is 16.6. The standard InChI is InChI=1S/C18H18FN3O3/c1-25-16-5-3-2-4-15(16)21-18(24)20-13-10-17(23)22(11-13)14-8-6-12(19)7-9-14/h2-9,13H,10-11H2,1H3,(H2,20,21,24)/t13-/m1/s1. The van der Waals surface area contributed by atoms with Crippen molar-refractivity contribution in [1.82, 2.24) is 5.32 Å². The van der Waals surface area contributed by atoms with Gasteiger partial charge in [-0.25, -0.2) is 9.18 Å². The lowest BCUT2D eigenvalue weighted by Gasteiger charge is -2.17. The molecule has 1 fully saturated rings. The van der Waals surface area contributed by atoms with Gasteiger partial charge in [0.15, 0.2) is 0 Å². The second-order valence-electron chi connectivity index (χ2n) is 5.68. The zero-order chi connectivity index (χ0) is 17.8. The van der Waals surface area contributed by atoms with E-state index in [0.717, 1.165) is 0 Å². The maximum absolute atomic E-state index is 13.0. The number of nitrogens with zero attached hydrogens (tertiary/aromatic N) is 1. The first-order valence-corrected chi connectivity index (χ1v) is 7.83. The van der Waals surface area contributed by atoms with Gasteiger partial charge in [-0.2, -0.15) is 0 Å². The fraction of sp³-hybridized carbons (Fsp3) is 0.222. The number of hydrogen-bond acceptors (Lipinski definition) is 3. The molecular weight excluding hydrogens is 325 g/mol. The molecule has 130 valence electrons. The molecule has 0 radical (unpaired) electrons. The third-order valence-corrected chi connectivity index (χ3v) is 3.95. The Hall–Kier alpha value is -3.09. The molecule has 2 aromatic rings. The van der Waals surface area contributed by atoms with Gasteiger partial charge < -0.3 is 20.3 Å². The van der Waals surface area contributed by atoms with Crippen LogP contribution in [0.4, 0.5) is 20.6 Å². The average molecular weight is 343 g/mol. The van der Waals surface area contributed by atoms with Crippen molar-refractivity contribution >= 4 is 23.3 Å². The summed E-state index contributed by atoms with van der Waals surface area (Å²) in [6, 6.07) is 12.0. The largest absolute Gasteiger partial charge is 0.495 e. The molecule has 0 unspecified atom stereocenters. The third kappa shape index (κ3) is 3.88. The fourth-order valence-electron chi connectivity index (χ4n) is 2.77. The van der Waals surface area contributed by atoms with Crippen molar-refractivity contribution in [2.75, 3.05) is 23.9 Å². The molecule has 3 amide bonds. The smallest absolute Gasteiger partial charge is 0.319 e. The summed E-state index contributed by atoms with van der Waals surface area (Å²) in [6.45, 7) is 0.337. The first-order chi connectivity index (χ1) is 12.1. The molecule has 2 N–H and O–H groups in total. The van der Waals surface area contributed by atoms with Gasteiger partial charge in [0.25, 0.3) is 0 Å². The molecule has 6 nitrogen and oxygen atoms in total. The highest BCUT2D eigenvalue weighted by Gasteiger charge is 2.31. The van der Waals surface area contributed by atoms with E-state index in [4.69, 9.17) is 4.74 Å². The summed E-state index contributed by atoms with van der Waals surface area (Å²) in [5.41, 5.74) is 1.16. The molecule has 7 heteroatoms. The molecule has 1 aliphatic heterocycles. The highest BCUT2D eigenvalue weighted by molar-refractivity contribution is 5.97. The van der Waals surface area contributed by atoms with Crippen molar-refractivity contribution in [2.45, 2.75) is 12.5 Å². The van der Waals surface area contributed by atoms with Gasteiger partial charge in [0.1, 0.15) is 11.6 Å². The van der Waals surface area contributed by atoms with Crippen molar-refractivity contribution in [1.29, 1.82) is 0 Å². The van der Waals surface area contributed by atoms with Crippen LogP contribution in [0.3, 0.4) is 0 Å². The molecule has 0 spiro atoms. The zero-order valence-corrected chi connectivity index (χ0v) is 13.7. The predicted octanol–water partition coefficient (Wildman–Crippen LogP) is 2.76. The van der Waals surface area contributed by atoms with E-state index in [0.29, 0.717) is 23.7 Å². The van der Waals surface area contributed by atoms with Gasteiger partial charge in [-0.05, 0) is 36.4 Å². The molecular formula is C18H18FN3O3. The van der Waals surface area contributed by atoms with Crippen molar-refractivity contribution < 1.29 is 18.7 Å². The minimum Gasteiger partial charge on any atom is -0.495 e. The number of hydrogen-bond donors (Lipinski definition) is 2. The Morgan fingerprint density at radius 3 is 2.64 bits per heavy atom. The summed E-state index contributed by atoms with van der Waals surface area (Å²) in [6.07, 6.45) is 0.191. The van der Waals surface area contributed by atoms with E-state index >= 15 is 0 Å².